The molecule has 3 N–H and O–H groups in total. The molecule has 0 saturated heterocycles. The molecule has 0 spiro atoms. The number of nitrogens with zero attached hydrogens (tertiary/aromatic N) is 2. The maximum absolute atomic E-state index is 13.2. The SMILES string of the molecule is NCC#Cc1cc(F)ccc1C(=O)NCCn1cccn1. The molecule has 108 valence electrons. The number of carbonyl (C=O) groups excluding carboxylic acids is 1. The van der Waals surface area contributed by atoms with Gasteiger partial charge in [-0.15, -0.1) is 0 Å². The molecule has 1 heterocycles. The number of aromatic nitrogens is 2. The van der Waals surface area contributed by atoms with Crippen LogP contribution >= 0.6 is 0 Å². The number of nitrogens with one attached hydrogen (secondary N) is 1. The third kappa shape index (κ3) is 4.16. The Kier molecular flexibility index (Phi) is 5.07. The van der Waals surface area contributed by atoms with E-state index < -0.39 is 5.82 Å². The fourth-order valence-electron chi connectivity index (χ4n) is 1.78. The Balaban J connectivity index is 2.04. The Morgan fingerprint density at radius 3 is 3.05 bits per heavy atom. The Labute approximate surface area is 122 Å². The summed E-state index contributed by atoms with van der Waals surface area (Å²) in [5.74, 6) is 4.59. The second kappa shape index (κ2) is 7.22. The zero-order chi connectivity index (χ0) is 15.1. The van der Waals surface area contributed by atoms with Crippen molar-refractivity contribution >= 4 is 5.91 Å². The number of amides is 1. The van der Waals surface area contributed by atoms with E-state index in [-0.39, 0.29) is 12.5 Å². The van der Waals surface area contributed by atoms with Crippen molar-refractivity contribution in [1.29, 1.82) is 0 Å². The van der Waals surface area contributed by atoms with Crippen LogP contribution in [-0.2, 0) is 6.54 Å². The molecule has 0 bridgehead atoms. The topological polar surface area (TPSA) is 72.9 Å². The van der Waals surface area contributed by atoms with Crippen molar-refractivity contribution in [3.8, 4) is 11.8 Å². The van der Waals surface area contributed by atoms with Gasteiger partial charge in [-0.1, -0.05) is 11.8 Å². The Hall–Kier alpha value is -2.65. The van der Waals surface area contributed by atoms with E-state index in [0.29, 0.717) is 24.2 Å². The van der Waals surface area contributed by atoms with Crippen LogP contribution in [0, 0.1) is 17.7 Å². The first-order chi connectivity index (χ1) is 10.2. The van der Waals surface area contributed by atoms with Crippen LogP contribution < -0.4 is 11.1 Å². The highest BCUT2D eigenvalue weighted by molar-refractivity contribution is 5.96. The van der Waals surface area contributed by atoms with Gasteiger partial charge in [0.05, 0.1) is 18.7 Å². The van der Waals surface area contributed by atoms with E-state index in [1.54, 1.807) is 10.9 Å². The van der Waals surface area contributed by atoms with E-state index in [0.717, 1.165) is 0 Å². The molecule has 1 aromatic heterocycles. The maximum atomic E-state index is 13.2. The van der Waals surface area contributed by atoms with Crippen LogP contribution in [0.2, 0.25) is 0 Å². The molecule has 2 aromatic rings. The monoisotopic (exact) mass is 286 g/mol. The number of rotatable bonds is 4. The average molecular weight is 286 g/mol. The smallest absolute Gasteiger partial charge is 0.252 e. The lowest BCUT2D eigenvalue weighted by atomic mass is 10.1. The van der Waals surface area contributed by atoms with Gasteiger partial charge in [-0.05, 0) is 24.3 Å². The van der Waals surface area contributed by atoms with Crippen LogP contribution in [0.25, 0.3) is 0 Å². The number of carbonyl (C=O) groups is 1. The molecule has 0 fully saturated rings. The van der Waals surface area contributed by atoms with Gasteiger partial charge in [0.15, 0.2) is 0 Å². The van der Waals surface area contributed by atoms with Crippen LogP contribution in [0.5, 0.6) is 0 Å². The summed E-state index contributed by atoms with van der Waals surface area (Å²) in [5, 5.41) is 6.79. The predicted octanol–water partition coefficient (Wildman–Crippen LogP) is 0.762. The highest BCUT2D eigenvalue weighted by atomic mass is 19.1. The minimum Gasteiger partial charge on any atom is -0.350 e. The van der Waals surface area contributed by atoms with Crippen molar-refractivity contribution in [2.24, 2.45) is 5.73 Å². The summed E-state index contributed by atoms with van der Waals surface area (Å²) in [6.07, 6.45) is 3.48. The molecular formula is C15H15FN4O. The molecule has 0 aliphatic carbocycles. The number of hydrogen-bond donors (Lipinski definition) is 2. The highest BCUT2D eigenvalue weighted by Gasteiger charge is 2.10. The molecule has 0 unspecified atom stereocenters. The van der Waals surface area contributed by atoms with Gasteiger partial charge in [0.25, 0.3) is 5.91 Å². The summed E-state index contributed by atoms with van der Waals surface area (Å²) in [6.45, 7) is 1.13. The number of nitrogens with two attached hydrogens (primary N) is 1. The van der Waals surface area contributed by atoms with Gasteiger partial charge in [-0.3, -0.25) is 9.48 Å². The third-order valence-corrected chi connectivity index (χ3v) is 2.74. The minimum absolute atomic E-state index is 0.150. The zero-order valence-corrected chi connectivity index (χ0v) is 11.3. The van der Waals surface area contributed by atoms with Gasteiger partial charge in [0.1, 0.15) is 5.82 Å². The Morgan fingerprint density at radius 1 is 1.48 bits per heavy atom. The van der Waals surface area contributed by atoms with Crippen LogP contribution in [0.15, 0.2) is 36.7 Å². The quantitative estimate of drug-likeness (QED) is 0.815. The first-order valence-electron chi connectivity index (χ1n) is 6.45. The molecule has 0 aliphatic heterocycles. The number of hydrogen-bond acceptors (Lipinski definition) is 3. The fourth-order valence-corrected chi connectivity index (χ4v) is 1.78. The molecule has 0 saturated carbocycles. The molecule has 5 nitrogen and oxygen atoms in total. The fraction of sp³-hybridized carbons (Fsp3) is 0.200. The van der Waals surface area contributed by atoms with E-state index in [1.807, 2.05) is 12.3 Å². The van der Waals surface area contributed by atoms with E-state index in [4.69, 9.17) is 5.73 Å². The first-order valence-corrected chi connectivity index (χ1v) is 6.45. The summed E-state index contributed by atoms with van der Waals surface area (Å²) in [6, 6.07) is 5.68. The molecule has 0 aliphatic rings. The van der Waals surface area contributed by atoms with Crippen molar-refractivity contribution < 1.29 is 9.18 Å². The third-order valence-electron chi connectivity index (χ3n) is 2.74. The highest BCUT2D eigenvalue weighted by Crippen LogP contribution is 2.10. The van der Waals surface area contributed by atoms with Crippen LogP contribution in [-0.4, -0.2) is 28.8 Å². The van der Waals surface area contributed by atoms with E-state index >= 15 is 0 Å². The second-order valence-electron chi connectivity index (χ2n) is 4.22. The Bertz CT molecular complexity index is 671. The standard InChI is InChI=1S/C15H15FN4O/c16-13-4-5-14(12(11-13)3-1-6-17)15(21)18-8-10-20-9-2-7-19-20/h2,4-5,7,9,11H,6,8,10,17H2,(H,18,21). The summed E-state index contributed by atoms with van der Waals surface area (Å²) >= 11 is 0. The maximum Gasteiger partial charge on any atom is 0.252 e. The molecule has 0 radical (unpaired) electrons. The number of benzene rings is 1. The summed E-state index contributed by atoms with van der Waals surface area (Å²) in [7, 11) is 0. The van der Waals surface area contributed by atoms with Gasteiger partial charge in [0.2, 0.25) is 0 Å². The van der Waals surface area contributed by atoms with Gasteiger partial charge in [0, 0.05) is 24.5 Å². The van der Waals surface area contributed by atoms with Crippen molar-refractivity contribution in [2.75, 3.05) is 13.1 Å². The zero-order valence-electron chi connectivity index (χ0n) is 11.3. The normalized spacial score (nSPS) is 9.81. The van der Waals surface area contributed by atoms with E-state index in [1.165, 1.54) is 18.2 Å². The lowest BCUT2D eigenvalue weighted by Gasteiger charge is -2.07. The van der Waals surface area contributed by atoms with Crippen molar-refractivity contribution in [3.05, 3.63) is 53.6 Å². The summed E-state index contributed by atoms with van der Waals surface area (Å²) in [4.78, 5) is 12.1. The molecule has 0 atom stereocenters. The Morgan fingerprint density at radius 2 is 2.33 bits per heavy atom. The van der Waals surface area contributed by atoms with Gasteiger partial charge in [-0.2, -0.15) is 5.10 Å². The molecule has 6 heteroatoms. The van der Waals surface area contributed by atoms with Crippen LogP contribution in [0.3, 0.4) is 0 Å². The lowest BCUT2D eigenvalue weighted by Crippen LogP contribution is -2.28. The van der Waals surface area contributed by atoms with Gasteiger partial charge in [-0.25, -0.2) is 4.39 Å². The summed E-state index contributed by atoms with van der Waals surface area (Å²) < 4.78 is 14.9. The van der Waals surface area contributed by atoms with Crippen LogP contribution in [0.4, 0.5) is 4.39 Å². The van der Waals surface area contributed by atoms with Gasteiger partial charge < -0.3 is 11.1 Å². The lowest BCUT2D eigenvalue weighted by molar-refractivity contribution is 0.0951. The molecular weight excluding hydrogens is 271 g/mol. The van der Waals surface area contributed by atoms with Crippen molar-refractivity contribution in [1.82, 2.24) is 15.1 Å². The number of halogens is 1. The molecule has 2 rings (SSSR count). The van der Waals surface area contributed by atoms with Crippen LogP contribution in [0.1, 0.15) is 15.9 Å². The van der Waals surface area contributed by atoms with Gasteiger partial charge >= 0.3 is 0 Å². The van der Waals surface area contributed by atoms with Crippen molar-refractivity contribution in [3.63, 3.8) is 0 Å². The van der Waals surface area contributed by atoms with E-state index in [2.05, 4.69) is 22.3 Å². The molecule has 1 amide bonds. The first kappa shape index (κ1) is 14.8. The predicted molar refractivity (Wildman–Crippen MR) is 76.9 cm³/mol. The van der Waals surface area contributed by atoms with Crippen molar-refractivity contribution in [2.45, 2.75) is 6.54 Å². The van der Waals surface area contributed by atoms with E-state index in [9.17, 15) is 9.18 Å². The largest absolute Gasteiger partial charge is 0.350 e. The average Bonchev–Trinajstić information content (AvgIpc) is 2.98. The minimum atomic E-state index is -0.440. The molecule has 1 aromatic carbocycles. The molecule has 21 heavy (non-hydrogen) atoms. The second-order valence-corrected chi connectivity index (χ2v) is 4.22. The summed E-state index contributed by atoms with van der Waals surface area (Å²) in [5.41, 5.74) is 5.96.